The molecule has 0 atom stereocenters. The predicted molar refractivity (Wildman–Crippen MR) is 152 cm³/mol. The smallest absolute Gasteiger partial charge is 0.283 e. The first-order chi connectivity index (χ1) is 18.5. The van der Waals surface area contributed by atoms with Crippen LogP contribution in [0.1, 0.15) is 22.3 Å². The fourth-order valence-electron chi connectivity index (χ4n) is 4.60. The van der Waals surface area contributed by atoms with E-state index >= 15 is 0 Å². The maximum absolute atomic E-state index is 13.0. The van der Waals surface area contributed by atoms with Gasteiger partial charge in [0.25, 0.3) is 5.91 Å². The van der Waals surface area contributed by atoms with E-state index in [1.54, 1.807) is 18.5 Å². The van der Waals surface area contributed by atoms with E-state index in [-0.39, 0.29) is 11.4 Å². The van der Waals surface area contributed by atoms with Crippen LogP contribution in [-0.4, -0.2) is 43.1 Å². The number of pyridine rings is 1. The first-order valence-corrected chi connectivity index (χ1v) is 13.0. The highest BCUT2D eigenvalue weighted by Gasteiger charge is 2.36. The number of amidine groups is 2. The zero-order valence-electron chi connectivity index (χ0n) is 20.9. The van der Waals surface area contributed by atoms with Crippen LogP contribution in [-0.2, 0) is 11.3 Å². The van der Waals surface area contributed by atoms with Crippen LogP contribution in [0, 0.1) is 19.3 Å². The van der Waals surface area contributed by atoms with Crippen LogP contribution in [0.4, 0.5) is 0 Å². The minimum atomic E-state index is -0.452. The minimum absolute atomic E-state index is 0.00147. The van der Waals surface area contributed by atoms with Crippen molar-refractivity contribution in [1.29, 1.82) is 5.41 Å². The van der Waals surface area contributed by atoms with Gasteiger partial charge < -0.3 is 9.30 Å². The summed E-state index contributed by atoms with van der Waals surface area (Å²) in [5.74, 6) is 0.462. The van der Waals surface area contributed by atoms with Crippen LogP contribution in [0.25, 0.3) is 17.0 Å². The van der Waals surface area contributed by atoms with Crippen LogP contribution >= 0.6 is 11.8 Å². The van der Waals surface area contributed by atoms with E-state index in [4.69, 9.17) is 10.1 Å². The van der Waals surface area contributed by atoms with Crippen molar-refractivity contribution < 1.29 is 9.53 Å². The lowest BCUT2D eigenvalue weighted by atomic mass is 10.1. The molecule has 2 aromatic heterocycles. The molecule has 4 heterocycles. The lowest BCUT2D eigenvalue weighted by Gasteiger charge is -2.20. The summed E-state index contributed by atoms with van der Waals surface area (Å²) in [4.78, 5) is 21.4. The van der Waals surface area contributed by atoms with Gasteiger partial charge in [-0.2, -0.15) is 15.1 Å². The number of carbonyl (C=O) groups is 1. The van der Waals surface area contributed by atoms with Crippen molar-refractivity contribution in [1.82, 2.24) is 14.6 Å². The van der Waals surface area contributed by atoms with Gasteiger partial charge in [-0.25, -0.2) is 0 Å². The Morgan fingerprint density at radius 3 is 2.66 bits per heavy atom. The van der Waals surface area contributed by atoms with Gasteiger partial charge in [0.1, 0.15) is 17.4 Å². The standard InChI is InChI=1S/C29H24N6O2S/c1-18-7-5-8-19(2)25(18)37-14-13-34-17-21(22-10-3-4-11-24(22)34)15-23-26(30)35-29(32-27(23)36)38-28(33-35)20-9-6-12-31-16-20/h3-12,15-17,30H,13-14H2,1-2H3. The number of rotatable bonds is 6. The number of amides is 1. The average molecular weight is 521 g/mol. The highest BCUT2D eigenvalue weighted by molar-refractivity contribution is 8.27. The summed E-state index contributed by atoms with van der Waals surface area (Å²) in [6.07, 6.45) is 7.12. The van der Waals surface area contributed by atoms with Gasteiger partial charge in [0.05, 0.1) is 12.1 Å². The molecule has 0 bridgehead atoms. The number of nitrogens with one attached hydrogen (secondary N) is 1. The molecular formula is C29H24N6O2S. The van der Waals surface area contributed by atoms with Gasteiger partial charge >= 0.3 is 0 Å². The quantitative estimate of drug-likeness (QED) is 0.344. The number of carbonyl (C=O) groups excluding carboxylic acids is 1. The number of thioether (sulfide) groups is 1. The number of hydrazone groups is 1. The number of ether oxygens (including phenoxy) is 1. The third-order valence-electron chi connectivity index (χ3n) is 6.47. The van der Waals surface area contributed by atoms with Crippen molar-refractivity contribution in [2.75, 3.05) is 6.61 Å². The van der Waals surface area contributed by atoms with Gasteiger partial charge in [0.15, 0.2) is 5.84 Å². The fraction of sp³-hybridized carbons (Fsp3) is 0.138. The molecule has 188 valence electrons. The molecular weight excluding hydrogens is 496 g/mol. The normalized spacial score (nSPS) is 16.2. The first kappa shape index (κ1) is 23.9. The Morgan fingerprint density at radius 2 is 1.87 bits per heavy atom. The number of fused-ring (bicyclic) bond motifs is 2. The summed E-state index contributed by atoms with van der Waals surface area (Å²) >= 11 is 1.26. The highest BCUT2D eigenvalue weighted by Crippen LogP contribution is 2.32. The molecule has 0 spiro atoms. The van der Waals surface area contributed by atoms with Crippen LogP contribution in [0.5, 0.6) is 5.75 Å². The van der Waals surface area contributed by atoms with E-state index in [9.17, 15) is 4.79 Å². The Bertz CT molecular complexity index is 1670. The number of para-hydroxylation sites is 2. The highest BCUT2D eigenvalue weighted by atomic mass is 32.2. The summed E-state index contributed by atoms with van der Waals surface area (Å²) in [6, 6.07) is 17.8. The predicted octanol–water partition coefficient (Wildman–Crippen LogP) is 5.40. The molecule has 0 fully saturated rings. The third kappa shape index (κ3) is 4.31. The summed E-state index contributed by atoms with van der Waals surface area (Å²) in [5.41, 5.74) is 5.08. The van der Waals surface area contributed by atoms with E-state index in [0.29, 0.717) is 23.4 Å². The molecule has 0 saturated carbocycles. The van der Waals surface area contributed by atoms with Crippen molar-refractivity contribution in [2.45, 2.75) is 20.4 Å². The number of nitrogens with zero attached hydrogens (tertiary/aromatic N) is 5. The average Bonchev–Trinajstić information content (AvgIpc) is 3.51. The molecule has 38 heavy (non-hydrogen) atoms. The molecule has 0 aliphatic carbocycles. The van der Waals surface area contributed by atoms with Crippen molar-refractivity contribution in [3.63, 3.8) is 0 Å². The van der Waals surface area contributed by atoms with Crippen molar-refractivity contribution in [3.05, 3.63) is 101 Å². The monoisotopic (exact) mass is 520 g/mol. The lowest BCUT2D eigenvalue weighted by molar-refractivity contribution is -0.114. The minimum Gasteiger partial charge on any atom is -0.491 e. The zero-order valence-corrected chi connectivity index (χ0v) is 21.7. The molecule has 1 amide bonds. The largest absolute Gasteiger partial charge is 0.491 e. The molecule has 1 N–H and O–H groups in total. The second-order valence-electron chi connectivity index (χ2n) is 9.03. The Kier molecular flexibility index (Phi) is 6.13. The third-order valence-corrected chi connectivity index (χ3v) is 7.43. The summed E-state index contributed by atoms with van der Waals surface area (Å²) < 4.78 is 8.25. The number of aryl methyl sites for hydroxylation is 2. The topological polar surface area (TPSA) is 95.9 Å². The molecule has 2 aromatic carbocycles. The summed E-state index contributed by atoms with van der Waals surface area (Å²) in [6.45, 7) is 5.22. The van der Waals surface area contributed by atoms with Crippen LogP contribution in [0.15, 0.2) is 88.9 Å². The fourth-order valence-corrected chi connectivity index (χ4v) is 5.48. The lowest BCUT2D eigenvalue weighted by Crippen LogP contribution is -2.35. The molecule has 2 aliphatic heterocycles. The molecule has 0 saturated heterocycles. The van der Waals surface area contributed by atoms with E-state index < -0.39 is 5.91 Å². The van der Waals surface area contributed by atoms with Crippen LogP contribution in [0.2, 0.25) is 0 Å². The SMILES string of the molecule is Cc1cccc(C)c1OCCn1cc(C=C2C(=N)N3N=C(c4cccnc4)SC3=NC2=O)c2ccccc21. The van der Waals surface area contributed by atoms with Gasteiger partial charge in [-0.1, -0.05) is 36.4 Å². The molecule has 4 aromatic rings. The second-order valence-corrected chi connectivity index (χ2v) is 9.99. The van der Waals surface area contributed by atoms with Crippen molar-refractivity contribution in [3.8, 4) is 5.75 Å². The summed E-state index contributed by atoms with van der Waals surface area (Å²) in [7, 11) is 0. The van der Waals surface area contributed by atoms with Crippen molar-refractivity contribution >= 4 is 50.7 Å². The van der Waals surface area contributed by atoms with Gasteiger partial charge in [0.2, 0.25) is 5.17 Å². The molecule has 8 nitrogen and oxygen atoms in total. The Morgan fingerprint density at radius 1 is 1.05 bits per heavy atom. The van der Waals surface area contributed by atoms with Gasteiger partial charge in [-0.15, -0.1) is 0 Å². The van der Waals surface area contributed by atoms with Gasteiger partial charge in [-0.05, 0) is 61.0 Å². The molecule has 2 aliphatic rings. The molecule has 6 rings (SSSR count). The first-order valence-electron chi connectivity index (χ1n) is 12.2. The van der Waals surface area contributed by atoms with E-state index in [2.05, 4.69) is 19.6 Å². The number of aliphatic imine (C=N–C) groups is 1. The number of benzene rings is 2. The van der Waals surface area contributed by atoms with Crippen LogP contribution in [0.3, 0.4) is 0 Å². The molecule has 0 radical (unpaired) electrons. The number of aromatic nitrogens is 2. The van der Waals surface area contributed by atoms with E-state index in [1.165, 1.54) is 16.8 Å². The molecule has 0 unspecified atom stereocenters. The van der Waals surface area contributed by atoms with Crippen LogP contribution < -0.4 is 4.74 Å². The Balaban J connectivity index is 1.29. The van der Waals surface area contributed by atoms with Gasteiger partial charge in [0, 0.05) is 40.6 Å². The Hall–Kier alpha value is -4.50. The maximum atomic E-state index is 13.0. The second kappa shape index (κ2) is 9.75. The maximum Gasteiger partial charge on any atom is 0.283 e. The Labute approximate surface area is 223 Å². The van der Waals surface area contributed by atoms with Gasteiger partial charge in [-0.3, -0.25) is 15.2 Å². The number of hydrogen-bond acceptors (Lipinski definition) is 6. The molecule has 9 heteroatoms. The zero-order chi connectivity index (χ0) is 26.2. The van der Waals surface area contributed by atoms with Crippen molar-refractivity contribution in [2.24, 2.45) is 10.1 Å². The van der Waals surface area contributed by atoms with E-state index in [0.717, 1.165) is 38.9 Å². The summed E-state index contributed by atoms with van der Waals surface area (Å²) in [5, 5.41) is 16.7. The van der Waals surface area contributed by atoms with E-state index in [1.807, 2.05) is 74.6 Å². The number of hydrogen-bond donors (Lipinski definition) is 1.